The molecule has 0 aliphatic heterocycles. The maximum absolute atomic E-state index is 13.7. The van der Waals surface area contributed by atoms with Gasteiger partial charge in [-0.25, -0.2) is 9.18 Å². The Morgan fingerprint density at radius 1 is 1.14 bits per heavy atom. The van der Waals surface area contributed by atoms with E-state index in [-0.39, 0.29) is 6.08 Å². The van der Waals surface area contributed by atoms with Gasteiger partial charge in [0, 0.05) is 6.08 Å². The van der Waals surface area contributed by atoms with Crippen molar-refractivity contribution in [3.05, 3.63) is 12.7 Å². The van der Waals surface area contributed by atoms with Crippen LogP contribution in [0.4, 0.5) is 35.1 Å². The third kappa shape index (κ3) is 3.33. The minimum Gasteiger partial charge on any atom is -0.450 e. The standard InChI is InChI=1S/C11H12F8O3/c1-4-6(21)22-7(5(2)20)9(13,14)10(15,16)8(3,12)11(17,18)19/h4-5,7,20H,1H2,2-3H3. The molecule has 0 bridgehead atoms. The first-order valence-electron chi connectivity index (χ1n) is 5.56. The SMILES string of the molecule is C=CC(=O)OC(C(C)O)C(F)(F)C(F)(F)C(C)(F)C(F)(F)F. The van der Waals surface area contributed by atoms with Crippen molar-refractivity contribution in [2.45, 2.75) is 49.7 Å². The number of hydrogen-bond donors (Lipinski definition) is 1. The number of carbonyl (C=O) groups excluding carboxylic acids is 1. The van der Waals surface area contributed by atoms with Gasteiger partial charge < -0.3 is 9.84 Å². The van der Waals surface area contributed by atoms with Gasteiger partial charge in [0.25, 0.3) is 5.67 Å². The van der Waals surface area contributed by atoms with E-state index in [2.05, 4.69) is 11.3 Å². The Morgan fingerprint density at radius 2 is 1.55 bits per heavy atom. The largest absolute Gasteiger partial charge is 0.450 e. The number of carbonyl (C=O) groups is 1. The molecule has 3 unspecified atom stereocenters. The maximum Gasteiger partial charge on any atom is 0.428 e. The summed E-state index contributed by atoms with van der Waals surface area (Å²) in [5.74, 6) is -13.9. The summed E-state index contributed by atoms with van der Waals surface area (Å²) < 4.78 is 108. The molecule has 3 atom stereocenters. The van der Waals surface area contributed by atoms with Gasteiger partial charge in [-0.15, -0.1) is 0 Å². The summed E-state index contributed by atoms with van der Waals surface area (Å²) >= 11 is 0. The van der Waals surface area contributed by atoms with Crippen molar-refractivity contribution in [1.29, 1.82) is 0 Å². The Bertz CT molecular complexity index is 428. The molecule has 0 radical (unpaired) electrons. The highest BCUT2D eigenvalue weighted by atomic mass is 19.4. The fraction of sp³-hybridized carbons (Fsp3) is 0.727. The molecule has 0 rings (SSSR count). The molecule has 22 heavy (non-hydrogen) atoms. The van der Waals surface area contributed by atoms with Crippen LogP contribution in [0.3, 0.4) is 0 Å². The molecule has 1 N–H and O–H groups in total. The summed E-state index contributed by atoms with van der Waals surface area (Å²) in [6, 6.07) is 0. The average Bonchev–Trinajstić information content (AvgIpc) is 2.32. The highest BCUT2D eigenvalue weighted by molar-refractivity contribution is 5.81. The van der Waals surface area contributed by atoms with Crippen LogP contribution >= 0.6 is 0 Å². The van der Waals surface area contributed by atoms with Gasteiger partial charge in [-0.3, -0.25) is 0 Å². The van der Waals surface area contributed by atoms with Crippen LogP contribution < -0.4 is 0 Å². The van der Waals surface area contributed by atoms with E-state index in [0.29, 0.717) is 6.92 Å². The molecule has 3 nitrogen and oxygen atoms in total. The lowest BCUT2D eigenvalue weighted by Gasteiger charge is -2.40. The second-order valence-corrected chi connectivity index (χ2v) is 4.50. The molecular formula is C11H12F8O3. The number of alkyl halides is 8. The van der Waals surface area contributed by atoms with E-state index in [4.69, 9.17) is 5.11 Å². The van der Waals surface area contributed by atoms with Crippen LogP contribution in [0.15, 0.2) is 12.7 Å². The van der Waals surface area contributed by atoms with E-state index in [9.17, 15) is 39.9 Å². The van der Waals surface area contributed by atoms with E-state index in [0.717, 1.165) is 0 Å². The van der Waals surface area contributed by atoms with Gasteiger partial charge in [0.05, 0.1) is 6.10 Å². The van der Waals surface area contributed by atoms with Crippen molar-refractivity contribution >= 4 is 5.97 Å². The van der Waals surface area contributed by atoms with E-state index in [1.807, 2.05) is 0 Å². The van der Waals surface area contributed by atoms with Crippen molar-refractivity contribution in [3.63, 3.8) is 0 Å². The topological polar surface area (TPSA) is 46.5 Å². The van der Waals surface area contributed by atoms with E-state index < -0.39 is 48.8 Å². The fourth-order valence-corrected chi connectivity index (χ4v) is 1.32. The summed E-state index contributed by atoms with van der Waals surface area (Å²) in [5, 5.41) is 9.00. The van der Waals surface area contributed by atoms with Crippen LogP contribution in [-0.2, 0) is 9.53 Å². The number of esters is 1. The molecule has 0 saturated carbocycles. The molecular weight excluding hydrogens is 332 g/mol. The highest BCUT2D eigenvalue weighted by Crippen LogP contribution is 2.53. The van der Waals surface area contributed by atoms with Crippen LogP contribution in [0.1, 0.15) is 13.8 Å². The van der Waals surface area contributed by atoms with E-state index in [1.165, 1.54) is 0 Å². The number of aliphatic hydroxyl groups excluding tert-OH is 1. The normalized spacial score (nSPS) is 19.0. The van der Waals surface area contributed by atoms with Gasteiger partial charge in [0.2, 0.25) is 0 Å². The van der Waals surface area contributed by atoms with Gasteiger partial charge in [-0.05, 0) is 13.8 Å². The monoisotopic (exact) mass is 344 g/mol. The molecule has 0 spiro atoms. The number of ether oxygens (including phenoxy) is 1. The minimum absolute atomic E-state index is 0.252. The predicted octanol–water partition coefficient (Wildman–Crippen LogP) is 3.03. The first-order chi connectivity index (χ1) is 9.54. The second-order valence-electron chi connectivity index (χ2n) is 4.50. The quantitative estimate of drug-likeness (QED) is 0.458. The van der Waals surface area contributed by atoms with Crippen molar-refractivity contribution in [1.82, 2.24) is 0 Å². The third-order valence-corrected chi connectivity index (χ3v) is 2.75. The molecule has 130 valence electrons. The van der Waals surface area contributed by atoms with Gasteiger partial charge in [0.15, 0.2) is 6.10 Å². The Hall–Kier alpha value is -1.39. The summed E-state index contributed by atoms with van der Waals surface area (Å²) in [6.45, 7) is 2.43. The predicted molar refractivity (Wildman–Crippen MR) is 57.2 cm³/mol. The maximum atomic E-state index is 13.7. The van der Waals surface area contributed by atoms with Crippen LogP contribution in [0.2, 0.25) is 0 Å². The number of halogens is 8. The van der Waals surface area contributed by atoms with Crippen molar-refractivity contribution in [3.8, 4) is 0 Å². The molecule has 0 amide bonds. The van der Waals surface area contributed by atoms with Crippen LogP contribution in [0, 0.1) is 0 Å². The third-order valence-electron chi connectivity index (χ3n) is 2.75. The zero-order valence-electron chi connectivity index (χ0n) is 11.2. The van der Waals surface area contributed by atoms with Crippen LogP contribution in [0.25, 0.3) is 0 Å². The Morgan fingerprint density at radius 3 is 1.82 bits per heavy atom. The molecule has 0 heterocycles. The lowest BCUT2D eigenvalue weighted by molar-refractivity contribution is -0.366. The second kappa shape index (κ2) is 6.01. The van der Waals surface area contributed by atoms with Crippen molar-refractivity contribution in [2.75, 3.05) is 0 Å². The summed E-state index contributed by atoms with van der Waals surface area (Å²) in [4.78, 5) is 10.8. The lowest BCUT2D eigenvalue weighted by atomic mass is 9.89. The lowest BCUT2D eigenvalue weighted by Crippen LogP contribution is -2.67. The van der Waals surface area contributed by atoms with Crippen molar-refractivity contribution in [2.24, 2.45) is 0 Å². The Labute approximate surface area is 119 Å². The number of aliphatic hydroxyl groups is 1. The zero-order valence-corrected chi connectivity index (χ0v) is 11.2. The van der Waals surface area contributed by atoms with Gasteiger partial charge in [0.1, 0.15) is 0 Å². The first-order valence-corrected chi connectivity index (χ1v) is 5.56. The van der Waals surface area contributed by atoms with E-state index in [1.54, 1.807) is 0 Å². The number of rotatable bonds is 6. The average molecular weight is 344 g/mol. The molecule has 0 fully saturated rings. The molecule has 0 aliphatic carbocycles. The molecule has 0 aliphatic rings. The smallest absolute Gasteiger partial charge is 0.428 e. The van der Waals surface area contributed by atoms with Crippen molar-refractivity contribution < 1.29 is 49.8 Å². The first kappa shape index (κ1) is 20.6. The minimum atomic E-state index is -6.34. The zero-order chi connectivity index (χ0) is 18.1. The van der Waals surface area contributed by atoms with Gasteiger partial charge in [-0.2, -0.15) is 30.7 Å². The summed E-state index contributed by atoms with van der Waals surface area (Å²) in [5.41, 5.74) is -5.64. The molecule has 0 aromatic heterocycles. The fourth-order valence-electron chi connectivity index (χ4n) is 1.32. The molecule has 0 aromatic rings. The summed E-state index contributed by atoms with van der Waals surface area (Å²) in [7, 11) is 0. The molecule has 11 heteroatoms. The van der Waals surface area contributed by atoms with Crippen LogP contribution in [0.5, 0.6) is 0 Å². The highest BCUT2D eigenvalue weighted by Gasteiger charge is 2.80. The summed E-state index contributed by atoms with van der Waals surface area (Å²) in [6.07, 6.45) is -12.0. The van der Waals surface area contributed by atoms with Gasteiger partial charge >= 0.3 is 24.0 Å². The van der Waals surface area contributed by atoms with E-state index >= 15 is 0 Å². The van der Waals surface area contributed by atoms with Crippen LogP contribution in [-0.4, -0.2) is 47.0 Å². The van der Waals surface area contributed by atoms with Gasteiger partial charge in [-0.1, -0.05) is 6.58 Å². The molecule has 0 saturated heterocycles. The molecule has 0 aromatic carbocycles. The number of hydrogen-bond acceptors (Lipinski definition) is 3. The Kier molecular flexibility index (Phi) is 5.63. The Balaban J connectivity index is 5.92.